The minimum Gasteiger partial charge on any atom is -0.389 e. The number of ether oxygens (including phenoxy) is 2. The smallest absolute Gasteiger partial charge is 0.345 e. The second-order valence-corrected chi connectivity index (χ2v) is 4.76. The van der Waals surface area contributed by atoms with Gasteiger partial charge in [-0.25, -0.2) is 9.59 Å². The molecule has 0 aliphatic rings. The Morgan fingerprint density at radius 2 is 0.917 bits per heavy atom. The predicted molar refractivity (Wildman–Crippen MR) is 83.0 cm³/mol. The van der Waals surface area contributed by atoms with Gasteiger partial charge < -0.3 is 9.47 Å². The minimum absolute atomic E-state index is 0.229. The highest BCUT2D eigenvalue weighted by Crippen LogP contribution is 2.06. The van der Waals surface area contributed by atoms with Crippen LogP contribution < -0.4 is 0 Å². The summed E-state index contributed by atoms with van der Waals surface area (Å²) in [5.74, 6) is -3.33. The lowest BCUT2D eigenvalue weighted by molar-refractivity contribution is -0.144. The summed E-state index contributed by atoms with van der Waals surface area (Å²) >= 11 is 0. The molecule has 2 rings (SSSR count). The van der Waals surface area contributed by atoms with Crippen molar-refractivity contribution in [2.75, 3.05) is 0 Å². The van der Waals surface area contributed by atoms with Crippen molar-refractivity contribution in [2.24, 2.45) is 0 Å². The molecule has 0 heterocycles. The molecule has 0 saturated heterocycles. The van der Waals surface area contributed by atoms with Crippen LogP contribution >= 0.6 is 0 Å². The first kappa shape index (κ1) is 17.1. The minimum atomic E-state index is -0.868. The lowest BCUT2D eigenvalue weighted by Gasteiger charge is -2.04. The van der Waals surface area contributed by atoms with Gasteiger partial charge in [-0.15, -0.1) is 0 Å². The zero-order valence-electron chi connectivity index (χ0n) is 12.6. The lowest BCUT2D eigenvalue weighted by Crippen LogP contribution is -2.16. The van der Waals surface area contributed by atoms with Gasteiger partial charge in [-0.3, -0.25) is 9.59 Å². The normalized spacial score (nSPS) is 9.83. The van der Waals surface area contributed by atoms with E-state index >= 15 is 0 Å². The van der Waals surface area contributed by atoms with Gasteiger partial charge in [0.15, 0.2) is 0 Å². The maximum atomic E-state index is 11.6. The number of rotatable bonds is 5. The summed E-state index contributed by atoms with van der Waals surface area (Å²) in [6.45, 7) is 0. The summed E-state index contributed by atoms with van der Waals surface area (Å²) in [7, 11) is 0. The molecule has 2 aromatic carbocycles. The second kappa shape index (κ2) is 8.38. The number of benzene rings is 2. The van der Waals surface area contributed by atoms with Gasteiger partial charge in [-0.1, -0.05) is 36.4 Å². The Labute approximate surface area is 138 Å². The predicted octanol–water partition coefficient (Wildman–Crippen LogP) is 2.53. The van der Waals surface area contributed by atoms with Gasteiger partial charge in [0.25, 0.3) is 0 Å². The Hall–Kier alpha value is -3.28. The van der Waals surface area contributed by atoms with E-state index in [-0.39, 0.29) is 24.0 Å². The van der Waals surface area contributed by atoms with Gasteiger partial charge in [-0.2, -0.15) is 0 Å². The fraction of sp³-hybridized carbons (Fsp3) is 0.111. The average Bonchev–Trinajstić information content (AvgIpc) is 2.61. The van der Waals surface area contributed by atoms with Crippen molar-refractivity contribution in [3.63, 3.8) is 0 Å². The largest absolute Gasteiger partial charge is 0.389 e. The van der Waals surface area contributed by atoms with Crippen molar-refractivity contribution in [3.05, 3.63) is 71.8 Å². The molecule has 0 aliphatic carbocycles. The zero-order chi connectivity index (χ0) is 17.4. The fourth-order valence-electron chi connectivity index (χ4n) is 1.78. The highest BCUT2D eigenvalue weighted by Gasteiger charge is 2.17. The molecule has 6 heteroatoms. The van der Waals surface area contributed by atoms with Gasteiger partial charge >= 0.3 is 23.9 Å². The van der Waals surface area contributed by atoms with Gasteiger partial charge in [0.1, 0.15) is 0 Å². The summed E-state index contributed by atoms with van der Waals surface area (Å²) < 4.78 is 9.21. The first-order valence-electron chi connectivity index (χ1n) is 7.16. The molecule has 0 radical (unpaired) electrons. The quantitative estimate of drug-likeness (QED) is 0.620. The van der Waals surface area contributed by atoms with Crippen LogP contribution in [0.15, 0.2) is 60.7 Å². The number of hydrogen-bond donors (Lipinski definition) is 0. The molecule has 24 heavy (non-hydrogen) atoms. The van der Waals surface area contributed by atoms with E-state index in [1.807, 2.05) is 0 Å². The van der Waals surface area contributed by atoms with Crippen molar-refractivity contribution in [1.29, 1.82) is 0 Å². The first-order chi connectivity index (χ1) is 11.6. The molecule has 0 spiro atoms. The Morgan fingerprint density at radius 3 is 1.25 bits per heavy atom. The van der Waals surface area contributed by atoms with E-state index in [2.05, 4.69) is 9.47 Å². The standard InChI is InChI=1S/C18H14O6/c19-15(23-17(21)13-7-3-1-4-8-13)11-12-16(20)24-18(22)14-9-5-2-6-10-14/h1-10H,11-12H2. The Bertz CT molecular complexity index is 671. The topological polar surface area (TPSA) is 86.7 Å². The molecule has 0 atom stereocenters. The summed E-state index contributed by atoms with van der Waals surface area (Å²) in [5, 5.41) is 0. The molecule has 0 fully saturated rings. The van der Waals surface area contributed by atoms with Crippen LogP contribution in [0.3, 0.4) is 0 Å². The Balaban J connectivity index is 1.76. The summed E-state index contributed by atoms with van der Waals surface area (Å²) in [4.78, 5) is 46.4. The molecule has 0 N–H and O–H groups in total. The lowest BCUT2D eigenvalue weighted by atomic mass is 10.2. The number of hydrogen-bond acceptors (Lipinski definition) is 6. The van der Waals surface area contributed by atoms with Crippen LogP contribution in [0, 0.1) is 0 Å². The highest BCUT2D eigenvalue weighted by molar-refractivity contribution is 5.99. The van der Waals surface area contributed by atoms with Crippen LogP contribution in [0.2, 0.25) is 0 Å². The third-order valence-corrected chi connectivity index (χ3v) is 2.97. The molecule has 0 aliphatic heterocycles. The van der Waals surface area contributed by atoms with E-state index in [4.69, 9.17) is 0 Å². The molecule has 0 saturated carbocycles. The van der Waals surface area contributed by atoms with Gasteiger partial charge in [0.05, 0.1) is 24.0 Å². The summed E-state index contributed by atoms with van der Waals surface area (Å²) in [5.41, 5.74) is 0.459. The van der Waals surface area contributed by atoms with Crippen molar-refractivity contribution >= 4 is 23.9 Å². The van der Waals surface area contributed by atoms with Crippen molar-refractivity contribution in [3.8, 4) is 0 Å². The van der Waals surface area contributed by atoms with Crippen LogP contribution in [0.5, 0.6) is 0 Å². The number of carbonyl (C=O) groups is 4. The molecular formula is C18H14O6. The van der Waals surface area contributed by atoms with Crippen LogP contribution in [-0.2, 0) is 19.1 Å². The van der Waals surface area contributed by atoms with E-state index in [1.54, 1.807) is 36.4 Å². The number of carbonyl (C=O) groups excluding carboxylic acids is 4. The van der Waals surface area contributed by atoms with Gasteiger partial charge in [0.2, 0.25) is 0 Å². The maximum Gasteiger partial charge on any atom is 0.345 e. The molecule has 0 amide bonds. The average molecular weight is 326 g/mol. The third kappa shape index (κ3) is 5.17. The summed E-state index contributed by atoms with van der Waals surface area (Å²) in [6, 6.07) is 16.0. The van der Waals surface area contributed by atoms with Gasteiger partial charge in [-0.05, 0) is 24.3 Å². The molecule has 6 nitrogen and oxygen atoms in total. The number of esters is 4. The Morgan fingerprint density at radius 1 is 0.583 bits per heavy atom. The monoisotopic (exact) mass is 326 g/mol. The Kier molecular flexibility index (Phi) is 5.96. The first-order valence-corrected chi connectivity index (χ1v) is 7.16. The van der Waals surface area contributed by atoms with Crippen molar-refractivity contribution in [1.82, 2.24) is 0 Å². The van der Waals surface area contributed by atoms with E-state index in [0.717, 1.165) is 0 Å². The molecule has 0 aromatic heterocycles. The zero-order valence-corrected chi connectivity index (χ0v) is 12.6. The van der Waals surface area contributed by atoms with Crippen LogP contribution in [0.4, 0.5) is 0 Å². The second-order valence-electron chi connectivity index (χ2n) is 4.76. The molecule has 122 valence electrons. The molecule has 0 unspecified atom stereocenters. The molecule has 0 bridgehead atoms. The van der Waals surface area contributed by atoms with Crippen molar-refractivity contribution < 1.29 is 28.7 Å². The van der Waals surface area contributed by atoms with E-state index < -0.39 is 23.9 Å². The molecule has 2 aromatic rings. The van der Waals surface area contributed by atoms with E-state index in [9.17, 15) is 19.2 Å². The SMILES string of the molecule is O=C(CCC(=O)OC(=O)c1ccccc1)OC(=O)c1ccccc1. The highest BCUT2D eigenvalue weighted by atomic mass is 16.6. The van der Waals surface area contributed by atoms with E-state index in [0.29, 0.717) is 0 Å². The van der Waals surface area contributed by atoms with Gasteiger partial charge in [0, 0.05) is 0 Å². The van der Waals surface area contributed by atoms with Crippen LogP contribution in [0.25, 0.3) is 0 Å². The van der Waals surface area contributed by atoms with Crippen LogP contribution in [0.1, 0.15) is 33.6 Å². The van der Waals surface area contributed by atoms with Crippen molar-refractivity contribution in [2.45, 2.75) is 12.8 Å². The van der Waals surface area contributed by atoms with Crippen LogP contribution in [-0.4, -0.2) is 23.9 Å². The third-order valence-electron chi connectivity index (χ3n) is 2.97. The fourth-order valence-corrected chi connectivity index (χ4v) is 1.78. The summed E-state index contributed by atoms with van der Waals surface area (Å²) in [6.07, 6.45) is -0.723. The maximum absolute atomic E-state index is 11.6. The molecular weight excluding hydrogens is 312 g/mol. The van der Waals surface area contributed by atoms with E-state index in [1.165, 1.54) is 24.3 Å².